The lowest BCUT2D eigenvalue weighted by molar-refractivity contribution is 0.0746. The van der Waals surface area contributed by atoms with Crippen molar-refractivity contribution in [2.45, 2.75) is 6.92 Å². The van der Waals surface area contributed by atoms with E-state index in [0.717, 1.165) is 17.2 Å². The van der Waals surface area contributed by atoms with Gasteiger partial charge in [0.2, 0.25) is 0 Å². The van der Waals surface area contributed by atoms with Crippen LogP contribution in [0.15, 0.2) is 48.7 Å². The fraction of sp³-hybridized carbons (Fsp3) is 0.304. The largest absolute Gasteiger partial charge is 0.493 e. The first-order chi connectivity index (χ1) is 15.6. The van der Waals surface area contributed by atoms with E-state index < -0.39 is 0 Å². The molecule has 1 aliphatic heterocycles. The molecule has 2 aromatic heterocycles. The SMILES string of the molecule is COc1ccc(C(=O)N2CCN(c3ccc(Nc4cc(C)ccn4)nn3)CC2)cc1OC. The predicted octanol–water partition coefficient (Wildman–Crippen LogP) is 2.90. The summed E-state index contributed by atoms with van der Waals surface area (Å²) < 4.78 is 10.6. The minimum atomic E-state index is -0.0260. The smallest absolute Gasteiger partial charge is 0.254 e. The first kappa shape index (κ1) is 21.4. The van der Waals surface area contributed by atoms with Gasteiger partial charge in [0, 0.05) is 37.9 Å². The average Bonchev–Trinajstić information content (AvgIpc) is 2.84. The Labute approximate surface area is 187 Å². The number of anilines is 3. The van der Waals surface area contributed by atoms with Gasteiger partial charge in [0.15, 0.2) is 23.1 Å². The summed E-state index contributed by atoms with van der Waals surface area (Å²) in [5.74, 6) is 3.27. The zero-order valence-electron chi connectivity index (χ0n) is 18.4. The van der Waals surface area contributed by atoms with Gasteiger partial charge in [0.05, 0.1) is 14.2 Å². The molecule has 1 aromatic carbocycles. The number of rotatable bonds is 6. The molecular formula is C23H26N6O3. The van der Waals surface area contributed by atoms with Crippen molar-refractivity contribution >= 4 is 23.4 Å². The van der Waals surface area contributed by atoms with E-state index in [4.69, 9.17) is 9.47 Å². The van der Waals surface area contributed by atoms with E-state index in [0.29, 0.717) is 49.1 Å². The highest BCUT2D eigenvalue weighted by Crippen LogP contribution is 2.28. The Morgan fingerprint density at radius 1 is 0.906 bits per heavy atom. The van der Waals surface area contributed by atoms with Crippen LogP contribution in [0.25, 0.3) is 0 Å². The summed E-state index contributed by atoms with van der Waals surface area (Å²) in [5, 5.41) is 11.8. The number of aryl methyl sites for hydroxylation is 1. The van der Waals surface area contributed by atoms with Crippen LogP contribution in [0, 0.1) is 6.92 Å². The first-order valence-corrected chi connectivity index (χ1v) is 10.4. The lowest BCUT2D eigenvalue weighted by atomic mass is 10.1. The summed E-state index contributed by atoms with van der Waals surface area (Å²) in [6.07, 6.45) is 1.75. The van der Waals surface area contributed by atoms with Crippen LogP contribution in [-0.4, -0.2) is 66.4 Å². The molecule has 1 N–H and O–H groups in total. The van der Waals surface area contributed by atoms with Crippen LogP contribution in [0.2, 0.25) is 0 Å². The number of benzene rings is 1. The number of pyridine rings is 1. The van der Waals surface area contributed by atoms with E-state index in [1.54, 1.807) is 38.6 Å². The van der Waals surface area contributed by atoms with Gasteiger partial charge in [-0.3, -0.25) is 4.79 Å². The first-order valence-electron chi connectivity index (χ1n) is 10.4. The van der Waals surface area contributed by atoms with Crippen molar-refractivity contribution in [2.75, 3.05) is 50.6 Å². The van der Waals surface area contributed by atoms with E-state index >= 15 is 0 Å². The monoisotopic (exact) mass is 434 g/mol. The number of methoxy groups -OCH3 is 2. The molecule has 0 bridgehead atoms. The Balaban J connectivity index is 1.35. The normalized spacial score (nSPS) is 13.6. The van der Waals surface area contributed by atoms with Crippen LogP contribution in [0.5, 0.6) is 11.5 Å². The van der Waals surface area contributed by atoms with Crippen molar-refractivity contribution in [3.8, 4) is 11.5 Å². The number of hydrogen-bond acceptors (Lipinski definition) is 8. The Hall–Kier alpha value is -3.88. The van der Waals surface area contributed by atoms with Gasteiger partial charge in [0.1, 0.15) is 5.82 Å². The lowest BCUT2D eigenvalue weighted by Crippen LogP contribution is -2.49. The fourth-order valence-corrected chi connectivity index (χ4v) is 3.59. The third kappa shape index (κ3) is 4.72. The molecule has 0 saturated carbocycles. The number of ether oxygens (including phenoxy) is 2. The van der Waals surface area contributed by atoms with Crippen molar-refractivity contribution in [1.29, 1.82) is 0 Å². The van der Waals surface area contributed by atoms with E-state index in [2.05, 4.69) is 25.4 Å². The molecule has 9 nitrogen and oxygen atoms in total. The van der Waals surface area contributed by atoms with Gasteiger partial charge in [-0.15, -0.1) is 10.2 Å². The number of nitrogens with zero attached hydrogens (tertiary/aromatic N) is 5. The van der Waals surface area contributed by atoms with E-state index in [-0.39, 0.29) is 5.91 Å². The van der Waals surface area contributed by atoms with Crippen molar-refractivity contribution < 1.29 is 14.3 Å². The second kappa shape index (κ2) is 9.51. The molecular weight excluding hydrogens is 408 g/mol. The summed E-state index contributed by atoms with van der Waals surface area (Å²) >= 11 is 0. The van der Waals surface area contributed by atoms with Crippen molar-refractivity contribution in [2.24, 2.45) is 0 Å². The Morgan fingerprint density at radius 2 is 1.69 bits per heavy atom. The minimum absolute atomic E-state index is 0.0260. The summed E-state index contributed by atoms with van der Waals surface area (Å²) in [4.78, 5) is 21.2. The van der Waals surface area contributed by atoms with E-state index in [9.17, 15) is 4.79 Å². The number of hydrogen-bond donors (Lipinski definition) is 1. The summed E-state index contributed by atoms with van der Waals surface area (Å²) in [6.45, 7) is 4.57. The molecule has 9 heteroatoms. The zero-order chi connectivity index (χ0) is 22.5. The Bertz CT molecular complexity index is 1080. The average molecular weight is 435 g/mol. The van der Waals surface area contributed by atoms with Crippen molar-refractivity contribution in [3.63, 3.8) is 0 Å². The highest BCUT2D eigenvalue weighted by molar-refractivity contribution is 5.95. The minimum Gasteiger partial charge on any atom is -0.493 e. The third-order valence-corrected chi connectivity index (χ3v) is 5.34. The van der Waals surface area contributed by atoms with Crippen LogP contribution in [0.1, 0.15) is 15.9 Å². The molecule has 32 heavy (non-hydrogen) atoms. The molecule has 0 atom stereocenters. The number of piperazine rings is 1. The molecule has 1 amide bonds. The van der Waals surface area contributed by atoms with Gasteiger partial charge in [-0.05, 0) is 55.0 Å². The van der Waals surface area contributed by atoms with E-state index in [1.807, 2.05) is 36.1 Å². The number of carbonyl (C=O) groups excluding carboxylic acids is 1. The van der Waals surface area contributed by atoms with Crippen molar-refractivity contribution in [3.05, 3.63) is 59.8 Å². The van der Waals surface area contributed by atoms with E-state index in [1.165, 1.54) is 0 Å². The number of aromatic nitrogens is 3. The molecule has 0 unspecified atom stereocenters. The van der Waals surface area contributed by atoms with Gasteiger partial charge in [0.25, 0.3) is 5.91 Å². The maximum absolute atomic E-state index is 12.9. The van der Waals surface area contributed by atoms with Crippen LogP contribution in [0.4, 0.5) is 17.5 Å². The predicted molar refractivity (Wildman–Crippen MR) is 122 cm³/mol. The second-order valence-electron chi connectivity index (χ2n) is 7.47. The fourth-order valence-electron chi connectivity index (χ4n) is 3.59. The van der Waals surface area contributed by atoms with Gasteiger partial charge < -0.3 is 24.6 Å². The van der Waals surface area contributed by atoms with Gasteiger partial charge in [-0.1, -0.05) is 0 Å². The van der Waals surface area contributed by atoms with Crippen LogP contribution < -0.4 is 19.7 Å². The molecule has 0 spiro atoms. The molecule has 3 heterocycles. The summed E-state index contributed by atoms with van der Waals surface area (Å²) in [5.41, 5.74) is 1.70. The molecule has 166 valence electrons. The van der Waals surface area contributed by atoms with Crippen molar-refractivity contribution in [1.82, 2.24) is 20.1 Å². The number of amides is 1. The topological polar surface area (TPSA) is 92.7 Å². The standard InChI is InChI=1S/C23H26N6O3/c1-16-8-9-24-21(14-16)25-20-6-7-22(27-26-20)28-10-12-29(13-11-28)23(30)17-4-5-18(31-2)19(15-17)32-3/h4-9,14-15H,10-13H2,1-3H3,(H,24,25,26). The molecule has 0 aliphatic carbocycles. The summed E-state index contributed by atoms with van der Waals surface area (Å²) in [7, 11) is 3.13. The molecule has 1 fully saturated rings. The number of nitrogens with one attached hydrogen (secondary N) is 1. The lowest BCUT2D eigenvalue weighted by Gasteiger charge is -2.35. The van der Waals surface area contributed by atoms with Gasteiger partial charge in [-0.25, -0.2) is 4.98 Å². The second-order valence-corrected chi connectivity index (χ2v) is 7.47. The highest BCUT2D eigenvalue weighted by atomic mass is 16.5. The molecule has 0 radical (unpaired) electrons. The maximum atomic E-state index is 12.9. The van der Waals surface area contributed by atoms with Crippen LogP contribution >= 0.6 is 0 Å². The number of carbonyl (C=O) groups is 1. The van der Waals surface area contributed by atoms with Gasteiger partial charge in [-0.2, -0.15) is 0 Å². The quantitative estimate of drug-likeness (QED) is 0.633. The zero-order valence-corrected chi connectivity index (χ0v) is 18.4. The van der Waals surface area contributed by atoms with Gasteiger partial charge >= 0.3 is 0 Å². The Morgan fingerprint density at radius 3 is 2.34 bits per heavy atom. The Kier molecular flexibility index (Phi) is 6.34. The molecule has 1 aliphatic rings. The molecule has 1 saturated heterocycles. The maximum Gasteiger partial charge on any atom is 0.254 e. The molecule has 4 rings (SSSR count). The molecule has 3 aromatic rings. The van der Waals surface area contributed by atoms with Crippen LogP contribution in [-0.2, 0) is 0 Å². The van der Waals surface area contributed by atoms with Crippen LogP contribution in [0.3, 0.4) is 0 Å². The third-order valence-electron chi connectivity index (χ3n) is 5.34. The highest BCUT2D eigenvalue weighted by Gasteiger charge is 2.24. The summed E-state index contributed by atoms with van der Waals surface area (Å²) in [6, 6.07) is 12.9.